The Morgan fingerprint density at radius 3 is 2.79 bits per heavy atom. The monoisotopic (exact) mass is 365 g/mol. The molecule has 0 saturated heterocycles. The lowest BCUT2D eigenvalue weighted by atomic mass is 10.0. The second-order valence-corrected chi connectivity index (χ2v) is 7.79. The maximum Gasteiger partial charge on any atom is 0.228 e. The van der Waals surface area contributed by atoms with Gasteiger partial charge in [0.25, 0.3) is 0 Å². The summed E-state index contributed by atoms with van der Waals surface area (Å²) in [5.74, 6) is 1.40. The van der Waals surface area contributed by atoms with Crippen LogP contribution in [-0.2, 0) is 27.1 Å². The van der Waals surface area contributed by atoms with Crippen LogP contribution in [-0.4, -0.2) is 19.9 Å². The maximum absolute atomic E-state index is 12.6. The molecule has 0 radical (unpaired) electrons. The van der Waals surface area contributed by atoms with Crippen LogP contribution in [0, 0.1) is 5.92 Å². The summed E-state index contributed by atoms with van der Waals surface area (Å²) in [7, 11) is -0.950. The number of nitrogens with one attached hydrogen (secondary N) is 1. The fourth-order valence-electron chi connectivity index (χ4n) is 2.93. The van der Waals surface area contributed by atoms with Gasteiger partial charge in [0.15, 0.2) is 0 Å². The van der Waals surface area contributed by atoms with Gasteiger partial charge < -0.3 is 5.32 Å². The number of hydrogen-bond acceptors (Lipinski definition) is 3. The van der Waals surface area contributed by atoms with Crippen molar-refractivity contribution < 1.29 is 9.00 Å². The van der Waals surface area contributed by atoms with E-state index >= 15 is 0 Å². The van der Waals surface area contributed by atoms with Crippen LogP contribution in [0.3, 0.4) is 0 Å². The number of hydrogen-bond donors (Lipinski definition) is 1. The predicted octanol–water partition coefficient (Wildman–Crippen LogP) is 3.66. The Morgan fingerprint density at radius 2 is 2.12 bits per heavy atom. The lowest BCUT2D eigenvalue weighted by Gasteiger charge is -2.15. The average Bonchev–Trinajstić information content (AvgIpc) is 3.06. The van der Waals surface area contributed by atoms with Gasteiger partial charge in [0.2, 0.25) is 5.91 Å². The molecule has 1 aliphatic heterocycles. The van der Waals surface area contributed by atoms with Crippen molar-refractivity contribution in [2.45, 2.75) is 38.2 Å². The largest absolute Gasteiger partial charge is 0.310 e. The van der Waals surface area contributed by atoms with Crippen molar-refractivity contribution in [2.24, 2.45) is 5.92 Å². The van der Waals surface area contributed by atoms with Crippen molar-refractivity contribution in [1.29, 1.82) is 0 Å². The summed E-state index contributed by atoms with van der Waals surface area (Å²) in [6, 6.07) is 7.32. The molecule has 3 rings (SSSR count). The molecule has 1 aromatic heterocycles. The number of amides is 1. The third kappa shape index (κ3) is 3.26. The van der Waals surface area contributed by atoms with Crippen molar-refractivity contribution in [1.82, 2.24) is 9.78 Å². The fraction of sp³-hybridized carbons (Fsp3) is 0.412. The Balaban J connectivity index is 2.03. The van der Waals surface area contributed by atoms with Gasteiger partial charge in [0.05, 0.1) is 22.9 Å². The molecule has 0 saturated carbocycles. The number of benzene rings is 1. The van der Waals surface area contributed by atoms with Gasteiger partial charge in [-0.2, -0.15) is 5.10 Å². The van der Waals surface area contributed by atoms with Crippen LogP contribution >= 0.6 is 11.6 Å². The minimum absolute atomic E-state index is 0.0244. The van der Waals surface area contributed by atoms with Crippen LogP contribution in [0.25, 0.3) is 5.69 Å². The molecule has 0 spiro atoms. The van der Waals surface area contributed by atoms with Gasteiger partial charge >= 0.3 is 0 Å². The number of carbonyl (C=O) groups excluding carboxylic acids is 1. The van der Waals surface area contributed by atoms with Gasteiger partial charge in [-0.25, -0.2) is 4.68 Å². The lowest BCUT2D eigenvalue weighted by molar-refractivity contribution is -0.120. The summed E-state index contributed by atoms with van der Waals surface area (Å²) < 4.78 is 13.6. The molecule has 1 atom stereocenters. The first kappa shape index (κ1) is 17.2. The zero-order valence-electron chi connectivity index (χ0n) is 13.7. The van der Waals surface area contributed by atoms with E-state index in [1.54, 1.807) is 16.8 Å². The molecular formula is C17H20ClN3O2S. The predicted molar refractivity (Wildman–Crippen MR) is 96.8 cm³/mol. The van der Waals surface area contributed by atoms with E-state index in [-0.39, 0.29) is 11.8 Å². The minimum atomic E-state index is -0.950. The molecule has 7 heteroatoms. The quantitative estimate of drug-likeness (QED) is 0.879. The molecule has 1 aliphatic rings. The highest BCUT2D eigenvalue weighted by atomic mass is 35.5. The van der Waals surface area contributed by atoms with Crippen LogP contribution in [0.15, 0.2) is 24.3 Å². The number of nitrogens with zero attached hydrogens (tertiary/aromatic N) is 2. The van der Waals surface area contributed by atoms with E-state index in [0.717, 1.165) is 29.8 Å². The zero-order valence-corrected chi connectivity index (χ0v) is 15.3. The van der Waals surface area contributed by atoms with Crippen LogP contribution in [0.1, 0.15) is 37.9 Å². The van der Waals surface area contributed by atoms with Crippen molar-refractivity contribution in [3.8, 4) is 5.69 Å². The Labute approximate surface area is 148 Å². The first-order valence-corrected chi connectivity index (χ1v) is 9.92. The second-order valence-electron chi connectivity index (χ2n) is 5.90. The smallest absolute Gasteiger partial charge is 0.228 e. The highest BCUT2D eigenvalue weighted by molar-refractivity contribution is 7.83. The average molecular weight is 366 g/mol. The van der Waals surface area contributed by atoms with Crippen LogP contribution in [0.5, 0.6) is 0 Å². The van der Waals surface area contributed by atoms with Crippen LogP contribution in [0.4, 0.5) is 5.82 Å². The van der Waals surface area contributed by atoms with Crippen molar-refractivity contribution >= 4 is 34.1 Å². The standard InChI is InChI=1S/C17H20ClN3O2S/c1-3-11(4-2)17(22)19-16-14-9-24(23)10-15(14)20-21(16)13-7-5-6-12(18)8-13/h5-8,11H,3-4,9-10H2,1-2H3,(H,19,22)/t24-/m0/s1. The highest BCUT2D eigenvalue weighted by Crippen LogP contribution is 2.32. The third-order valence-corrected chi connectivity index (χ3v) is 5.76. The first-order chi connectivity index (χ1) is 11.5. The minimum Gasteiger partial charge on any atom is -0.310 e. The molecule has 2 aromatic rings. The summed E-state index contributed by atoms with van der Waals surface area (Å²) in [6.07, 6.45) is 1.56. The number of fused-ring (bicyclic) bond motifs is 1. The van der Waals surface area contributed by atoms with Gasteiger partial charge in [-0.05, 0) is 31.0 Å². The lowest BCUT2D eigenvalue weighted by Crippen LogP contribution is -2.24. The van der Waals surface area contributed by atoms with E-state index in [1.807, 2.05) is 26.0 Å². The van der Waals surface area contributed by atoms with Gasteiger partial charge in [-0.3, -0.25) is 9.00 Å². The molecule has 128 valence electrons. The van der Waals surface area contributed by atoms with E-state index in [9.17, 15) is 9.00 Å². The molecule has 0 bridgehead atoms. The van der Waals surface area contributed by atoms with E-state index in [1.165, 1.54) is 0 Å². The summed E-state index contributed by atoms with van der Waals surface area (Å²) in [5, 5.41) is 8.18. The molecule has 0 aliphatic carbocycles. The van der Waals surface area contributed by atoms with Gasteiger partial charge in [0.1, 0.15) is 5.82 Å². The van der Waals surface area contributed by atoms with Crippen molar-refractivity contribution in [3.05, 3.63) is 40.5 Å². The summed E-state index contributed by atoms with van der Waals surface area (Å²) in [5.41, 5.74) is 2.43. The fourth-order valence-corrected chi connectivity index (χ4v) is 4.38. The Kier molecular flexibility index (Phi) is 5.06. The van der Waals surface area contributed by atoms with Crippen molar-refractivity contribution in [3.63, 3.8) is 0 Å². The molecular weight excluding hydrogens is 346 g/mol. The number of aromatic nitrogens is 2. The summed E-state index contributed by atoms with van der Waals surface area (Å²) in [6.45, 7) is 4.00. The van der Waals surface area contributed by atoms with Gasteiger partial charge in [0, 0.05) is 27.3 Å². The topological polar surface area (TPSA) is 64.0 Å². The number of carbonyl (C=O) groups is 1. The van der Waals surface area contributed by atoms with Crippen LogP contribution < -0.4 is 5.32 Å². The van der Waals surface area contributed by atoms with E-state index in [0.29, 0.717) is 22.3 Å². The van der Waals surface area contributed by atoms with Gasteiger partial charge in [-0.15, -0.1) is 0 Å². The molecule has 24 heavy (non-hydrogen) atoms. The molecule has 1 N–H and O–H groups in total. The number of rotatable bonds is 5. The molecule has 1 aromatic carbocycles. The molecule has 2 heterocycles. The third-order valence-electron chi connectivity index (χ3n) is 4.32. The Bertz CT molecular complexity index is 799. The maximum atomic E-state index is 12.6. The molecule has 0 fully saturated rings. The summed E-state index contributed by atoms with van der Waals surface area (Å²) in [4.78, 5) is 12.6. The first-order valence-electron chi connectivity index (χ1n) is 8.06. The Morgan fingerprint density at radius 1 is 1.38 bits per heavy atom. The molecule has 1 amide bonds. The highest BCUT2D eigenvalue weighted by Gasteiger charge is 2.29. The molecule has 0 unspecified atom stereocenters. The summed E-state index contributed by atoms with van der Waals surface area (Å²) >= 11 is 6.09. The van der Waals surface area contributed by atoms with Crippen LogP contribution in [0.2, 0.25) is 5.02 Å². The van der Waals surface area contributed by atoms with E-state index < -0.39 is 10.8 Å². The SMILES string of the molecule is CCC(CC)C(=O)Nc1c2c(nn1-c1cccc(Cl)c1)C[S@@](=O)C2. The normalized spacial score (nSPS) is 16.4. The van der Waals surface area contributed by atoms with E-state index in [4.69, 9.17) is 11.6 Å². The van der Waals surface area contributed by atoms with Gasteiger partial charge in [-0.1, -0.05) is 31.5 Å². The van der Waals surface area contributed by atoms with Crippen molar-refractivity contribution in [2.75, 3.05) is 5.32 Å². The number of halogens is 1. The Hall–Kier alpha value is -1.66. The molecule has 5 nitrogen and oxygen atoms in total. The second kappa shape index (κ2) is 7.07. The number of anilines is 1. The van der Waals surface area contributed by atoms with E-state index in [2.05, 4.69) is 10.4 Å². The zero-order chi connectivity index (χ0) is 17.3.